The van der Waals surface area contributed by atoms with Gasteiger partial charge in [0.1, 0.15) is 36.2 Å². The summed E-state index contributed by atoms with van der Waals surface area (Å²) in [4.78, 5) is 46.9. The average molecular weight is 1100 g/mol. The number of aromatic nitrogens is 5. The van der Waals surface area contributed by atoms with Gasteiger partial charge in [0.2, 0.25) is 17.7 Å². The van der Waals surface area contributed by atoms with Crippen molar-refractivity contribution in [3.8, 4) is 45.0 Å². The Morgan fingerprint density at radius 3 is 2.42 bits per heavy atom. The molecule has 2 unspecified atom stereocenters. The Balaban J connectivity index is 0.606. The molecular weight excluding hydrogens is 1030 g/mol. The predicted molar refractivity (Wildman–Crippen MR) is 298 cm³/mol. The minimum absolute atomic E-state index is 0.0284. The summed E-state index contributed by atoms with van der Waals surface area (Å²) >= 11 is 1.55. The van der Waals surface area contributed by atoms with E-state index < -0.39 is 24.1 Å². The minimum Gasteiger partial charge on any atom is -0.507 e. The third-order valence-electron chi connectivity index (χ3n) is 16.4. The maximum atomic E-state index is 14.3. The van der Waals surface area contributed by atoms with Crippen molar-refractivity contribution < 1.29 is 43.3 Å². The van der Waals surface area contributed by atoms with Crippen LogP contribution in [0.1, 0.15) is 94.7 Å². The van der Waals surface area contributed by atoms with Gasteiger partial charge in [-0.1, -0.05) is 38.1 Å². The number of thiazole rings is 1. The van der Waals surface area contributed by atoms with Crippen LogP contribution >= 0.6 is 11.3 Å². The molecule has 8 heterocycles. The summed E-state index contributed by atoms with van der Waals surface area (Å²) in [6.45, 7) is 12.2. The molecule has 4 saturated heterocycles. The molecule has 2 aromatic carbocycles. The lowest BCUT2D eigenvalue weighted by molar-refractivity contribution is -0.141. The van der Waals surface area contributed by atoms with E-state index in [2.05, 4.69) is 57.5 Å². The third kappa shape index (κ3) is 11.7. The van der Waals surface area contributed by atoms with E-state index in [1.54, 1.807) is 36.6 Å². The second kappa shape index (κ2) is 23.3. The van der Waals surface area contributed by atoms with Gasteiger partial charge in [-0.3, -0.25) is 14.5 Å². The molecule has 5 N–H and O–H groups in total. The number of rotatable bonds is 19. The van der Waals surface area contributed by atoms with E-state index in [0.717, 1.165) is 97.8 Å². The number of aliphatic hydroxyl groups excluding tert-OH is 1. The van der Waals surface area contributed by atoms with Crippen molar-refractivity contribution in [2.24, 2.45) is 5.92 Å². The Labute approximate surface area is 464 Å². The number of nitrogens with zero attached hydrogens (tertiary/aromatic N) is 9. The Kier molecular flexibility index (Phi) is 15.9. The Morgan fingerprint density at radius 2 is 1.68 bits per heavy atom. The molecule has 20 nitrogen and oxygen atoms in total. The Bertz CT molecular complexity index is 3090. The summed E-state index contributed by atoms with van der Waals surface area (Å²) in [5.74, 6) is 0.830. The van der Waals surface area contributed by atoms with Gasteiger partial charge in [0.05, 0.1) is 58.9 Å². The van der Waals surface area contributed by atoms with Crippen molar-refractivity contribution in [2.75, 3.05) is 68.5 Å². The topological polar surface area (TPSA) is 240 Å². The quantitative estimate of drug-likeness (QED) is 0.0629. The van der Waals surface area contributed by atoms with Gasteiger partial charge in [-0.2, -0.15) is 0 Å². The van der Waals surface area contributed by atoms with Crippen LogP contribution in [0.5, 0.6) is 23.3 Å². The molecule has 1 saturated carbocycles. The molecule has 5 aliphatic rings. The number of aryl methyl sites for hydroxylation is 1. The van der Waals surface area contributed by atoms with Gasteiger partial charge in [-0.15, -0.1) is 21.5 Å². The number of aromatic hydroxyl groups is 1. The molecule has 6 atom stereocenters. The van der Waals surface area contributed by atoms with Gasteiger partial charge < -0.3 is 59.4 Å². The number of anilines is 3. The highest BCUT2D eigenvalue weighted by molar-refractivity contribution is 7.13. The summed E-state index contributed by atoms with van der Waals surface area (Å²) in [5, 5.41) is 37.1. The summed E-state index contributed by atoms with van der Waals surface area (Å²) in [6.07, 6.45) is 7.13. The van der Waals surface area contributed by atoms with Crippen molar-refractivity contribution in [2.45, 2.75) is 127 Å². The number of piperidine rings is 1. The van der Waals surface area contributed by atoms with E-state index in [1.807, 2.05) is 75.8 Å². The lowest BCUT2D eigenvalue weighted by Gasteiger charge is -2.43. The molecule has 1 aliphatic carbocycles. The number of carbonyl (C=O) groups excluding carboxylic acids is 2. The molecule has 21 heteroatoms. The highest BCUT2D eigenvalue weighted by Crippen LogP contribution is 2.41. The van der Waals surface area contributed by atoms with Gasteiger partial charge in [-0.25, -0.2) is 9.97 Å². The molecular formula is C58H71N11O9S. The third-order valence-corrected chi connectivity index (χ3v) is 17.4. The lowest BCUT2D eigenvalue weighted by atomic mass is 9.91. The molecule has 418 valence electrons. The Hall–Kier alpha value is -7.07. The van der Waals surface area contributed by atoms with E-state index >= 15 is 0 Å². The number of nitrogen functional groups attached to an aromatic ring is 1. The number of hydrogen-bond acceptors (Lipinski definition) is 19. The van der Waals surface area contributed by atoms with E-state index in [0.29, 0.717) is 53.5 Å². The second-order valence-corrected chi connectivity index (χ2v) is 22.9. The smallest absolute Gasteiger partial charge is 0.254 e. The maximum absolute atomic E-state index is 14.3. The first-order chi connectivity index (χ1) is 38.3. The summed E-state index contributed by atoms with van der Waals surface area (Å²) in [7, 11) is 1.60. The van der Waals surface area contributed by atoms with Gasteiger partial charge in [-0.05, 0) is 86.5 Å². The second-order valence-electron chi connectivity index (χ2n) is 22.1. The standard InChI is InChI=1S/C58H71N11O9S/c1-33(2)54(58(73)68-31-40(70)24-48(68)57(72)62-34(3)44-13-10-36(22-50(44)74-5)55-35(4)61-32-79-55)51-28-53(65-78-51)75-21-20-66-18-15-41(16-19-66)76-42-25-43(26-42)77-52-23-37(14-17-60-52)69-38-11-12-39(69)30-67(29-38)47-27-46(63-64-56(47)59)45-8-6-7-9-49(45)71/h6-10,13-14,17,22-23,27-28,32-34,38-43,48,54,70-71H,11-12,15-16,18-21,24-26,29-31H2,1-5H3,(H2,59,64)(H,62,72)/t34-,38?,39?,40+,42-,43-,48-,54+/m0/s1. The first-order valence-electron chi connectivity index (χ1n) is 27.7. The number of hydrogen-bond donors (Lipinski definition) is 4. The first kappa shape index (κ1) is 53.9. The van der Waals surface area contributed by atoms with Crippen LogP contribution in [0.25, 0.3) is 21.7 Å². The molecule has 4 aliphatic heterocycles. The van der Waals surface area contributed by atoms with Gasteiger partial charge >= 0.3 is 0 Å². The van der Waals surface area contributed by atoms with E-state index in [1.165, 1.54) is 4.90 Å². The number of phenols is 1. The molecule has 79 heavy (non-hydrogen) atoms. The number of fused-ring (bicyclic) bond motifs is 2. The number of phenolic OH excluding ortho intramolecular Hbond substituents is 1. The number of pyridine rings is 1. The van der Waals surface area contributed by atoms with Crippen molar-refractivity contribution in [1.82, 2.24) is 40.4 Å². The summed E-state index contributed by atoms with van der Waals surface area (Å²) in [6, 6.07) is 20.0. The number of aliphatic hydroxyl groups is 1. The number of nitrogens with two attached hydrogens (primary N) is 1. The fraction of sp³-hybridized carbons (Fsp3) is 0.500. The van der Waals surface area contributed by atoms with Crippen LogP contribution in [0, 0.1) is 12.8 Å². The average Bonchev–Trinajstić information content (AvgIpc) is 4.36. The number of carbonyl (C=O) groups is 2. The molecule has 11 rings (SSSR count). The van der Waals surface area contributed by atoms with Crippen LogP contribution in [0.4, 0.5) is 17.2 Å². The molecule has 5 fully saturated rings. The number of benzene rings is 2. The number of β-amino-alcohol motifs (C(OH)–C–C–N with tert-alkyl or cyclic N) is 1. The molecule has 0 radical (unpaired) electrons. The van der Waals surface area contributed by atoms with Crippen LogP contribution in [-0.4, -0.2) is 153 Å². The largest absolute Gasteiger partial charge is 0.507 e. The predicted octanol–water partition coefficient (Wildman–Crippen LogP) is 7.16. The van der Waals surface area contributed by atoms with Gasteiger partial charge in [0, 0.05) is 106 Å². The fourth-order valence-electron chi connectivity index (χ4n) is 12.2. The van der Waals surface area contributed by atoms with Crippen LogP contribution in [-0.2, 0) is 14.3 Å². The van der Waals surface area contributed by atoms with Crippen LogP contribution in [0.15, 0.2) is 83.0 Å². The molecule has 2 bridgehead atoms. The fourth-order valence-corrected chi connectivity index (χ4v) is 13.0. The monoisotopic (exact) mass is 1100 g/mol. The zero-order chi connectivity index (χ0) is 54.9. The maximum Gasteiger partial charge on any atom is 0.254 e. The van der Waals surface area contributed by atoms with Crippen LogP contribution in [0.3, 0.4) is 0 Å². The first-order valence-corrected chi connectivity index (χ1v) is 28.6. The number of piperazine rings is 1. The van der Waals surface area contributed by atoms with Crippen molar-refractivity contribution in [3.63, 3.8) is 0 Å². The SMILES string of the molecule is COc1cc(-c2scnc2C)ccc1[C@H](C)NC(=O)[C@@H]1C[C@@H](O)CN1C(=O)[C@@H](c1cc(OCCN2CCC(O[C@H]3C[C@H](Oc4cc(N5C6CCC5CN(c5cc(-c7ccccc7O)nnc5N)C6)ccn4)C3)CC2)no1)C(C)C. The normalized spacial score (nSPS) is 23.2. The van der Waals surface area contributed by atoms with Gasteiger partial charge in [0.25, 0.3) is 5.88 Å². The Morgan fingerprint density at radius 1 is 0.899 bits per heavy atom. The number of nitrogens with one attached hydrogen (secondary N) is 1. The van der Waals surface area contributed by atoms with Crippen molar-refractivity contribution in [1.29, 1.82) is 0 Å². The van der Waals surface area contributed by atoms with E-state index in [9.17, 15) is 19.8 Å². The van der Waals surface area contributed by atoms with Crippen molar-refractivity contribution in [3.05, 3.63) is 95.5 Å². The van der Waals surface area contributed by atoms with Crippen LogP contribution in [0.2, 0.25) is 0 Å². The number of methoxy groups -OCH3 is 1. The highest BCUT2D eigenvalue weighted by Gasteiger charge is 2.45. The minimum atomic E-state index is -0.875. The molecule has 6 aromatic rings. The number of amides is 2. The molecule has 2 amide bonds. The highest BCUT2D eigenvalue weighted by atomic mass is 32.1. The number of para-hydroxylation sites is 1. The van der Waals surface area contributed by atoms with E-state index in [4.69, 9.17) is 29.2 Å². The lowest BCUT2D eigenvalue weighted by Crippen LogP contribution is -2.54. The molecule has 4 aromatic heterocycles. The summed E-state index contributed by atoms with van der Waals surface area (Å²) in [5.41, 5.74) is 14.1. The van der Waals surface area contributed by atoms with E-state index in [-0.39, 0.29) is 66.8 Å². The van der Waals surface area contributed by atoms with Crippen molar-refractivity contribution >= 4 is 40.3 Å². The van der Waals surface area contributed by atoms with Gasteiger partial charge in [0.15, 0.2) is 11.6 Å². The number of likely N-dealkylation sites (tertiary alicyclic amines) is 2. The number of ether oxygens (including phenoxy) is 4. The zero-order valence-electron chi connectivity index (χ0n) is 45.4. The zero-order valence-corrected chi connectivity index (χ0v) is 46.3. The summed E-state index contributed by atoms with van der Waals surface area (Å²) < 4.78 is 30.5. The molecule has 0 spiro atoms. The van der Waals surface area contributed by atoms with Crippen LogP contribution < -0.4 is 35.1 Å².